The zero-order chi connectivity index (χ0) is 29.3. The summed E-state index contributed by atoms with van der Waals surface area (Å²) in [5.74, 6) is 0.303. The number of benzene rings is 2. The first-order valence-electron chi connectivity index (χ1n) is 12.8. The van der Waals surface area contributed by atoms with Crippen molar-refractivity contribution in [3.63, 3.8) is 0 Å². The quantitative estimate of drug-likeness (QED) is 0.351. The van der Waals surface area contributed by atoms with Gasteiger partial charge in [-0.25, -0.2) is 19.1 Å². The van der Waals surface area contributed by atoms with Gasteiger partial charge in [0.25, 0.3) is 5.91 Å². The molecule has 1 aliphatic rings. The molecule has 3 heterocycles. The van der Waals surface area contributed by atoms with Crippen LogP contribution in [-0.4, -0.2) is 58.0 Å². The van der Waals surface area contributed by atoms with Crippen LogP contribution in [0.5, 0.6) is 6.01 Å². The van der Waals surface area contributed by atoms with Crippen molar-refractivity contribution in [2.45, 2.75) is 20.0 Å². The van der Waals surface area contributed by atoms with Gasteiger partial charge in [0, 0.05) is 50.2 Å². The van der Waals surface area contributed by atoms with Gasteiger partial charge in [-0.15, -0.1) is 5.10 Å². The first-order valence-corrected chi connectivity index (χ1v) is 12.8. The number of carbonyl (C=O) groups is 2. The Morgan fingerprint density at radius 3 is 2.46 bits per heavy atom. The van der Waals surface area contributed by atoms with E-state index in [-0.39, 0.29) is 11.9 Å². The van der Waals surface area contributed by atoms with E-state index in [1.54, 1.807) is 71.6 Å². The molecule has 0 unspecified atom stereocenters. The Labute approximate surface area is 233 Å². The summed E-state index contributed by atoms with van der Waals surface area (Å²) in [5, 5.41) is 6.46. The van der Waals surface area contributed by atoms with Crippen molar-refractivity contribution in [2.75, 3.05) is 29.9 Å². The Bertz CT molecular complexity index is 1670. The smallest absolute Gasteiger partial charge is 0.389 e. The summed E-state index contributed by atoms with van der Waals surface area (Å²) in [4.78, 5) is 45.9. The predicted molar refractivity (Wildman–Crippen MR) is 148 cm³/mol. The molecule has 2 aromatic carbocycles. The van der Waals surface area contributed by atoms with Gasteiger partial charge in [-0.3, -0.25) is 14.6 Å². The third-order valence-electron chi connectivity index (χ3n) is 6.86. The van der Waals surface area contributed by atoms with Crippen LogP contribution < -0.4 is 25.5 Å². The number of pyridine rings is 1. The summed E-state index contributed by atoms with van der Waals surface area (Å²) in [7, 11) is 2.85. The number of urea groups is 1. The maximum absolute atomic E-state index is 13.5. The monoisotopic (exact) mass is 563 g/mol. The predicted octanol–water partition coefficient (Wildman–Crippen LogP) is 3.60. The topological polar surface area (TPSA) is 115 Å². The van der Waals surface area contributed by atoms with Crippen molar-refractivity contribution < 1.29 is 23.1 Å². The van der Waals surface area contributed by atoms with Crippen LogP contribution in [0.1, 0.15) is 22.8 Å². The zero-order valence-electron chi connectivity index (χ0n) is 22.5. The summed E-state index contributed by atoms with van der Waals surface area (Å²) in [5.41, 5.74) is 3.34. The zero-order valence-corrected chi connectivity index (χ0v) is 22.5. The first kappa shape index (κ1) is 27.5. The van der Waals surface area contributed by atoms with Crippen molar-refractivity contribution in [1.82, 2.24) is 24.6 Å². The van der Waals surface area contributed by atoms with E-state index in [0.717, 1.165) is 25.9 Å². The molecule has 41 heavy (non-hydrogen) atoms. The minimum Gasteiger partial charge on any atom is -0.401 e. The average molecular weight is 564 g/mol. The lowest BCUT2D eigenvalue weighted by atomic mass is 9.98. The van der Waals surface area contributed by atoms with E-state index in [4.69, 9.17) is 0 Å². The van der Waals surface area contributed by atoms with E-state index < -0.39 is 18.3 Å². The Balaban J connectivity index is 1.43. The van der Waals surface area contributed by atoms with Crippen molar-refractivity contribution in [3.05, 3.63) is 82.4 Å². The van der Waals surface area contributed by atoms with Crippen LogP contribution >= 0.6 is 0 Å². The molecule has 1 fully saturated rings. The molecule has 1 N–H and O–H groups in total. The fraction of sp³-hybridized carbons (Fsp3) is 0.250. The van der Waals surface area contributed by atoms with Crippen LogP contribution in [0.15, 0.2) is 65.6 Å². The number of amides is 3. The maximum atomic E-state index is 13.5. The number of alkyl halides is 2. The Hall–Kier alpha value is -5.07. The van der Waals surface area contributed by atoms with Crippen molar-refractivity contribution >= 4 is 23.4 Å². The van der Waals surface area contributed by atoms with Gasteiger partial charge < -0.3 is 10.1 Å². The van der Waals surface area contributed by atoms with Gasteiger partial charge in [0.1, 0.15) is 5.82 Å². The lowest BCUT2D eigenvalue weighted by Gasteiger charge is -2.22. The fourth-order valence-electron chi connectivity index (χ4n) is 4.82. The first-order chi connectivity index (χ1) is 19.7. The number of halogens is 2. The molecule has 0 atom stereocenters. The van der Waals surface area contributed by atoms with Crippen LogP contribution in [0.3, 0.4) is 0 Å². The van der Waals surface area contributed by atoms with Gasteiger partial charge in [-0.1, -0.05) is 25.1 Å². The molecule has 1 aliphatic heterocycles. The second-order valence-electron chi connectivity index (χ2n) is 9.19. The number of nitrogens with one attached hydrogen (secondary N) is 1. The number of rotatable bonds is 8. The highest BCUT2D eigenvalue weighted by atomic mass is 19.3. The highest BCUT2D eigenvalue weighted by molar-refractivity contribution is 6.07. The Kier molecular flexibility index (Phi) is 7.51. The van der Waals surface area contributed by atoms with E-state index in [9.17, 15) is 23.2 Å². The Morgan fingerprint density at radius 2 is 1.78 bits per heavy atom. The molecule has 0 aliphatic carbocycles. The van der Waals surface area contributed by atoms with Crippen LogP contribution in [-0.2, 0) is 13.5 Å². The van der Waals surface area contributed by atoms with Crippen molar-refractivity contribution in [3.8, 4) is 22.8 Å². The van der Waals surface area contributed by atoms with Crippen LogP contribution in [0, 0.1) is 0 Å². The largest absolute Gasteiger partial charge is 0.401 e. The van der Waals surface area contributed by atoms with E-state index in [2.05, 4.69) is 20.1 Å². The molecule has 5 rings (SSSR count). The molecule has 0 radical (unpaired) electrons. The lowest BCUT2D eigenvalue weighted by Crippen LogP contribution is -2.33. The normalized spacial score (nSPS) is 13.3. The van der Waals surface area contributed by atoms with Crippen molar-refractivity contribution in [2.24, 2.45) is 7.05 Å². The van der Waals surface area contributed by atoms with Gasteiger partial charge in [-0.2, -0.15) is 13.5 Å². The highest BCUT2D eigenvalue weighted by Crippen LogP contribution is 2.33. The van der Waals surface area contributed by atoms with Gasteiger partial charge >= 0.3 is 24.3 Å². The maximum Gasteiger partial charge on any atom is 0.389 e. The molecule has 3 amide bonds. The lowest BCUT2D eigenvalue weighted by molar-refractivity contribution is -0.0582. The van der Waals surface area contributed by atoms with Gasteiger partial charge in [0.05, 0.1) is 5.69 Å². The minimum absolute atomic E-state index is 0.237. The number of hydrogen-bond donors (Lipinski definition) is 1. The van der Waals surface area contributed by atoms with Gasteiger partial charge in [0.2, 0.25) is 0 Å². The second kappa shape index (κ2) is 11.2. The number of aromatic nitrogens is 4. The van der Waals surface area contributed by atoms with E-state index in [0.29, 0.717) is 42.3 Å². The van der Waals surface area contributed by atoms with Crippen molar-refractivity contribution in [1.29, 1.82) is 0 Å². The van der Waals surface area contributed by atoms with Crippen LogP contribution in [0.25, 0.3) is 16.8 Å². The third kappa shape index (κ3) is 5.13. The van der Waals surface area contributed by atoms with E-state index >= 15 is 0 Å². The summed E-state index contributed by atoms with van der Waals surface area (Å²) < 4.78 is 31.5. The molecule has 212 valence electrons. The highest BCUT2D eigenvalue weighted by Gasteiger charge is 2.33. The van der Waals surface area contributed by atoms with Crippen LogP contribution in [0.2, 0.25) is 0 Å². The average Bonchev–Trinajstić information content (AvgIpc) is 3.50. The van der Waals surface area contributed by atoms with Gasteiger partial charge in [-0.05, 0) is 53.9 Å². The molecule has 2 aromatic heterocycles. The number of nitrogens with zero attached hydrogens (tertiary/aromatic N) is 6. The molecule has 11 nitrogen and oxygen atoms in total. The molecule has 0 saturated carbocycles. The second-order valence-corrected chi connectivity index (χ2v) is 9.19. The summed E-state index contributed by atoms with van der Waals surface area (Å²) in [6.45, 7) is -0.295. The van der Waals surface area contributed by atoms with E-state index in [1.165, 1.54) is 7.05 Å². The molecule has 1 saturated heterocycles. The minimum atomic E-state index is -3.11. The number of hydrogen-bond acceptors (Lipinski definition) is 6. The molecule has 0 bridgehead atoms. The molecule has 0 spiro atoms. The fourth-order valence-corrected chi connectivity index (χ4v) is 4.82. The van der Waals surface area contributed by atoms with E-state index in [1.807, 2.05) is 13.0 Å². The van der Waals surface area contributed by atoms with Gasteiger partial charge in [0.15, 0.2) is 0 Å². The standard InChI is InChI=1S/C28H27F2N7O4/c1-4-21-22(17-8-10-19(11-9-17)37-27(39)34(3)26(33-37)41-25(29)30)12-13-32-23(21)36-15-14-35(28(36)40)20-7-5-6-18(16-20)24(38)31-2/h5-13,16,25H,4,14-15H2,1-3H3,(H,31,38). The Morgan fingerprint density at radius 1 is 1.05 bits per heavy atom. The summed E-state index contributed by atoms with van der Waals surface area (Å²) >= 11 is 0. The van der Waals surface area contributed by atoms with Crippen LogP contribution in [0.4, 0.5) is 25.1 Å². The molecular weight excluding hydrogens is 536 g/mol. The SMILES string of the molecule is CCc1c(-c2ccc(-n3nc(OC(F)F)n(C)c3=O)cc2)ccnc1N1CCN(c2cccc(C(=O)NC)c2)C1=O. The number of ether oxygens (including phenoxy) is 1. The molecule has 13 heteroatoms. The summed E-state index contributed by atoms with van der Waals surface area (Å²) in [6, 6.07) is 14.9. The number of carbonyl (C=O) groups excluding carboxylic acids is 2. The third-order valence-corrected chi connectivity index (χ3v) is 6.86. The molecule has 4 aromatic rings. The molecular formula is C28H27F2N7O4. The number of anilines is 2. The summed E-state index contributed by atoms with van der Waals surface area (Å²) in [6.07, 6.45) is 2.22.